The quantitative estimate of drug-likeness (QED) is 0.389. The maximum atomic E-state index is 0. The van der Waals surface area contributed by atoms with Crippen molar-refractivity contribution in [2.45, 2.75) is 0 Å². The molecule has 0 rings (SSSR count). The Kier molecular flexibility index (Phi) is 1670. The van der Waals surface area contributed by atoms with Gasteiger partial charge in [-0.1, -0.05) is 0 Å². The molecule has 0 amide bonds. The molecule has 0 aromatic heterocycles. The van der Waals surface area contributed by atoms with Crippen LogP contribution >= 0.6 is 0 Å². The second-order valence-electron chi connectivity index (χ2n) is 0. The predicted octanol–water partition coefficient (Wildman–Crippen LogP) is -21.4. The maximum Gasteiger partial charge on any atom is 5.00 e. The van der Waals surface area contributed by atoms with Crippen LogP contribution in [0, 0.1) is 0 Å². The average Bonchev–Trinajstić information content (AvgIpc) is 0. The molecular formula is Cl7MgV. The molecule has 0 aliphatic rings. The number of halogens is 7. The van der Waals surface area contributed by atoms with Gasteiger partial charge in [-0.15, -0.1) is 0 Å². The summed E-state index contributed by atoms with van der Waals surface area (Å²) in [6.07, 6.45) is 0. The van der Waals surface area contributed by atoms with Crippen LogP contribution in [0.15, 0.2) is 0 Å². The summed E-state index contributed by atoms with van der Waals surface area (Å²) < 4.78 is 0. The standard InChI is InChI=1S/7ClH.Mg.V/h7*1H;;/q;;;;;;;+2;+5/p-7. The fourth-order valence-corrected chi connectivity index (χ4v) is 0. The molecule has 0 fully saturated rings. The molecule has 0 aromatic rings. The van der Waals surface area contributed by atoms with Crippen molar-refractivity contribution in [1.29, 1.82) is 0 Å². The summed E-state index contributed by atoms with van der Waals surface area (Å²) in [4.78, 5) is 0. The third kappa shape index (κ3) is 87.6. The van der Waals surface area contributed by atoms with Crippen LogP contribution in [-0.2, 0) is 18.6 Å². The van der Waals surface area contributed by atoms with Gasteiger partial charge >= 0.3 is 41.6 Å². The second kappa shape index (κ2) is 107. The van der Waals surface area contributed by atoms with Gasteiger partial charge in [0.25, 0.3) is 0 Å². The van der Waals surface area contributed by atoms with Gasteiger partial charge in [0, 0.05) is 0 Å². The Morgan fingerprint density at radius 1 is 0.333 bits per heavy atom. The Hall–Kier alpha value is 3.38. The van der Waals surface area contributed by atoms with Crippen molar-refractivity contribution < 1.29 is 105 Å². The first-order valence-corrected chi connectivity index (χ1v) is 0. The van der Waals surface area contributed by atoms with Crippen molar-refractivity contribution in [2.75, 3.05) is 0 Å². The van der Waals surface area contributed by atoms with E-state index < -0.39 is 0 Å². The van der Waals surface area contributed by atoms with Crippen molar-refractivity contribution in [3.8, 4) is 0 Å². The van der Waals surface area contributed by atoms with E-state index in [1.165, 1.54) is 0 Å². The monoisotopic (exact) mass is 320 g/mol. The van der Waals surface area contributed by atoms with Crippen molar-refractivity contribution in [2.24, 2.45) is 0 Å². The fourth-order valence-electron chi connectivity index (χ4n) is 0. The van der Waals surface area contributed by atoms with Gasteiger partial charge in [0.15, 0.2) is 0 Å². The molecule has 0 saturated heterocycles. The van der Waals surface area contributed by atoms with Gasteiger partial charge in [0.05, 0.1) is 0 Å². The molecule has 9 heavy (non-hydrogen) atoms. The van der Waals surface area contributed by atoms with E-state index in [2.05, 4.69) is 0 Å². The minimum atomic E-state index is 0. The van der Waals surface area contributed by atoms with E-state index in [1.54, 1.807) is 0 Å². The molecule has 0 radical (unpaired) electrons. The molecule has 0 N–H and O–H groups in total. The van der Waals surface area contributed by atoms with Crippen LogP contribution in [0.25, 0.3) is 0 Å². The molecule has 0 aliphatic carbocycles. The van der Waals surface area contributed by atoms with Gasteiger partial charge in [-0.25, -0.2) is 0 Å². The van der Waals surface area contributed by atoms with Crippen LogP contribution < -0.4 is 86.8 Å². The Balaban J connectivity index is 0. The molecule has 0 unspecified atom stereocenters. The zero-order chi connectivity index (χ0) is 0. The maximum absolute atomic E-state index is 0. The van der Waals surface area contributed by atoms with E-state index in [9.17, 15) is 0 Å². The molecule has 0 aliphatic heterocycles. The Bertz CT molecular complexity index is 8.88. The summed E-state index contributed by atoms with van der Waals surface area (Å²) in [6.45, 7) is 0. The first-order valence-electron chi connectivity index (χ1n) is 0. The largest absolute Gasteiger partial charge is 5.00 e. The summed E-state index contributed by atoms with van der Waals surface area (Å²) in [6, 6.07) is 0. The third-order valence-corrected chi connectivity index (χ3v) is 0. The van der Waals surface area contributed by atoms with Crippen LogP contribution in [0.2, 0.25) is 0 Å². The van der Waals surface area contributed by atoms with Crippen molar-refractivity contribution in [1.82, 2.24) is 0 Å². The Morgan fingerprint density at radius 2 is 0.333 bits per heavy atom. The summed E-state index contributed by atoms with van der Waals surface area (Å²) in [5.74, 6) is 0. The van der Waals surface area contributed by atoms with Gasteiger partial charge in [-0.05, 0) is 0 Å². The number of hydrogen-bond acceptors (Lipinski definition) is 0. The van der Waals surface area contributed by atoms with Gasteiger partial charge in [-0.3, -0.25) is 0 Å². The molecule has 0 atom stereocenters. The Morgan fingerprint density at radius 3 is 0.333 bits per heavy atom. The molecule has 9 heteroatoms. The van der Waals surface area contributed by atoms with Crippen molar-refractivity contribution in [3.63, 3.8) is 0 Å². The fraction of sp³-hybridized carbons (Fsp3) is 0. The minimum absolute atomic E-state index is 0. The molecule has 0 heterocycles. The second-order valence-corrected chi connectivity index (χ2v) is 0. The Labute approximate surface area is 127 Å². The molecule has 0 spiro atoms. The average molecular weight is 323 g/mol. The summed E-state index contributed by atoms with van der Waals surface area (Å²) in [5.41, 5.74) is 0. The van der Waals surface area contributed by atoms with E-state index >= 15 is 0 Å². The topological polar surface area (TPSA) is 0 Å². The summed E-state index contributed by atoms with van der Waals surface area (Å²) in [7, 11) is 0. The van der Waals surface area contributed by atoms with E-state index in [0.29, 0.717) is 0 Å². The first-order chi connectivity index (χ1) is 0. The first kappa shape index (κ1) is 140. The van der Waals surface area contributed by atoms with Crippen LogP contribution in [0.1, 0.15) is 0 Å². The van der Waals surface area contributed by atoms with Gasteiger partial charge in [-0.2, -0.15) is 0 Å². The van der Waals surface area contributed by atoms with Gasteiger partial charge < -0.3 is 86.8 Å². The molecule has 56 valence electrons. The smallest absolute Gasteiger partial charge is 1.00 e. The molecule has 0 aromatic carbocycles. The zero-order valence-corrected chi connectivity index (χ0v) is 11.9. The van der Waals surface area contributed by atoms with E-state index in [1.807, 2.05) is 0 Å². The number of hydrogen-bond donors (Lipinski definition) is 0. The van der Waals surface area contributed by atoms with Gasteiger partial charge in [0.1, 0.15) is 0 Å². The number of rotatable bonds is 0. The van der Waals surface area contributed by atoms with Crippen LogP contribution in [-0.4, -0.2) is 23.1 Å². The van der Waals surface area contributed by atoms with Crippen LogP contribution in [0.3, 0.4) is 0 Å². The van der Waals surface area contributed by atoms with Crippen LogP contribution in [0.5, 0.6) is 0 Å². The SMILES string of the molecule is [Cl-].[Cl-].[Cl-].[Cl-].[Cl-].[Cl-].[Cl-].[Mg+2].[V+5]. The van der Waals surface area contributed by atoms with Crippen LogP contribution in [0.4, 0.5) is 0 Å². The van der Waals surface area contributed by atoms with E-state index in [0.717, 1.165) is 0 Å². The molecular weight excluding hydrogens is 323 g/mol. The predicted molar refractivity (Wildman–Crippen MR) is 5.75 cm³/mol. The van der Waals surface area contributed by atoms with Crippen molar-refractivity contribution in [3.05, 3.63) is 0 Å². The molecule has 0 saturated carbocycles. The minimum Gasteiger partial charge on any atom is -1.00 e. The molecule has 0 nitrogen and oxygen atoms in total. The third-order valence-electron chi connectivity index (χ3n) is 0. The van der Waals surface area contributed by atoms with Crippen molar-refractivity contribution >= 4 is 23.1 Å². The zero-order valence-electron chi connectivity index (χ0n) is 3.80. The van der Waals surface area contributed by atoms with Gasteiger partial charge in [0.2, 0.25) is 0 Å². The normalized spacial score (nSPS) is 0. The van der Waals surface area contributed by atoms with E-state index in [-0.39, 0.29) is 128 Å². The molecule has 0 bridgehead atoms. The summed E-state index contributed by atoms with van der Waals surface area (Å²) in [5, 5.41) is 0. The summed E-state index contributed by atoms with van der Waals surface area (Å²) >= 11 is 0. The van der Waals surface area contributed by atoms with E-state index in [4.69, 9.17) is 0 Å².